The summed E-state index contributed by atoms with van der Waals surface area (Å²) in [4.78, 5) is 0. The van der Waals surface area contributed by atoms with Crippen LogP contribution < -0.4 is 0 Å². The summed E-state index contributed by atoms with van der Waals surface area (Å²) in [7, 11) is 3.10. The second kappa shape index (κ2) is 6.98. The topological polar surface area (TPSA) is 57.2 Å². The van der Waals surface area contributed by atoms with Gasteiger partial charge in [-0.2, -0.15) is 0 Å². The summed E-state index contributed by atoms with van der Waals surface area (Å²) in [6.07, 6.45) is -2.10. The Hall–Kier alpha value is -0.980. The van der Waals surface area contributed by atoms with Crippen molar-refractivity contribution in [1.82, 2.24) is 0 Å². The smallest absolute Gasteiger partial charge is 0.184 e. The first-order valence-corrected chi connectivity index (χ1v) is 6.27. The first-order chi connectivity index (χ1) is 9.26. The van der Waals surface area contributed by atoms with Gasteiger partial charge in [-0.15, -0.1) is 0 Å². The zero-order chi connectivity index (χ0) is 13.7. The predicted octanol–water partition coefficient (Wildman–Crippen LogP) is 0.950. The summed E-state index contributed by atoms with van der Waals surface area (Å²) in [6, 6.07) is 9.89. The van der Waals surface area contributed by atoms with Gasteiger partial charge in [0.2, 0.25) is 0 Å². The molecule has 1 N–H and O–H groups in total. The molecule has 106 valence electrons. The highest BCUT2D eigenvalue weighted by Gasteiger charge is 2.44. The van der Waals surface area contributed by atoms with E-state index in [4.69, 9.17) is 18.9 Å². The summed E-state index contributed by atoms with van der Waals surface area (Å²) in [5.74, 6) is 0. The molecule has 5 nitrogen and oxygen atoms in total. The third kappa shape index (κ3) is 3.52. The van der Waals surface area contributed by atoms with Gasteiger partial charge in [0.25, 0.3) is 0 Å². The summed E-state index contributed by atoms with van der Waals surface area (Å²) in [5.41, 5.74) is 1.10. The van der Waals surface area contributed by atoms with Crippen LogP contribution in [0.2, 0.25) is 0 Å². The molecule has 0 bridgehead atoms. The number of rotatable bonds is 6. The second-order valence-electron chi connectivity index (χ2n) is 4.47. The first-order valence-electron chi connectivity index (χ1n) is 6.27. The second-order valence-corrected chi connectivity index (χ2v) is 4.47. The van der Waals surface area contributed by atoms with Crippen molar-refractivity contribution < 1.29 is 24.1 Å². The molecule has 1 saturated heterocycles. The molecule has 0 radical (unpaired) electrons. The van der Waals surface area contributed by atoms with E-state index in [1.807, 2.05) is 30.3 Å². The lowest BCUT2D eigenvalue weighted by atomic mass is 10.1. The molecule has 1 fully saturated rings. The molecule has 0 spiro atoms. The van der Waals surface area contributed by atoms with Crippen molar-refractivity contribution in [3.05, 3.63) is 35.9 Å². The molecule has 0 aromatic heterocycles. The molecule has 1 heterocycles. The van der Waals surface area contributed by atoms with Gasteiger partial charge in [0, 0.05) is 14.2 Å². The summed E-state index contributed by atoms with van der Waals surface area (Å²) < 4.78 is 21.5. The van der Waals surface area contributed by atoms with Crippen molar-refractivity contribution >= 4 is 0 Å². The van der Waals surface area contributed by atoms with Crippen LogP contribution in [0.4, 0.5) is 0 Å². The molecule has 0 amide bonds. The van der Waals surface area contributed by atoms with E-state index in [-0.39, 0.29) is 12.2 Å². The Morgan fingerprint density at radius 2 is 1.79 bits per heavy atom. The van der Waals surface area contributed by atoms with Crippen molar-refractivity contribution in [2.45, 2.75) is 31.2 Å². The number of aliphatic hydroxyl groups is 1. The maximum absolute atomic E-state index is 9.69. The van der Waals surface area contributed by atoms with Crippen molar-refractivity contribution in [2.75, 3.05) is 20.8 Å². The molecular formula is C14H20O5. The minimum atomic E-state index is -0.972. The van der Waals surface area contributed by atoms with Crippen LogP contribution in [0.15, 0.2) is 30.3 Å². The van der Waals surface area contributed by atoms with Gasteiger partial charge in [0.15, 0.2) is 6.29 Å². The predicted molar refractivity (Wildman–Crippen MR) is 68.6 cm³/mol. The number of benzene rings is 1. The fourth-order valence-corrected chi connectivity index (χ4v) is 2.25. The quantitative estimate of drug-likeness (QED) is 0.832. The largest absolute Gasteiger partial charge is 0.376 e. The van der Waals surface area contributed by atoms with Gasteiger partial charge in [-0.1, -0.05) is 30.3 Å². The van der Waals surface area contributed by atoms with E-state index in [1.165, 1.54) is 7.11 Å². The molecule has 1 aliphatic heterocycles. The molecular weight excluding hydrogens is 248 g/mol. The van der Waals surface area contributed by atoms with Crippen LogP contribution >= 0.6 is 0 Å². The van der Waals surface area contributed by atoms with E-state index < -0.39 is 12.4 Å². The maximum Gasteiger partial charge on any atom is 0.184 e. The zero-order valence-corrected chi connectivity index (χ0v) is 11.2. The van der Waals surface area contributed by atoms with Crippen LogP contribution in [0.25, 0.3) is 0 Å². The van der Waals surface area contributed by atoms with E-state index in [0.717, 1.165) is 5.56 Å². The Morgan fingerprint density at radius 1 is 1.11 bits per heavy atom. The Labute approximate surface area is 113 Å². The minimum Gasteiger partial charge on any atom is -0.376 e. The molecule has 1 aromatic rings. The van der Waals surface area contributed by atoms with Crippen molar-refractivity contribution in [3.63, 3.8) is 0 Å². The number of hydrogen-bond donors (Lipinski definition) is 1. The third-order valence-corrected chi connectivity index (χ3v) is 3.22. The van der Waals surface area contributed by atoms with Gasteiger partial charge in [0.05, 0.1) is 13.2 Å². The molecule has 1 aliphatic rings. The number of ether oxygens (including phenoxy) is 4. The molecule has 0 unspecified atom stereocenters. The fourth-order valence-electron chi connectivity index (χ4n) is 2.25. The van der Waals surface area contributed by atoms with Crippen LogP contribution in [0.5, 0.6) is 0 Å². The minimum absolute atomic E-state index is 0.323. The molecule has 5 heteroatoms. The maximum atomic E-state index is 9.69. The lowest BCUT2D eigenvalue weighted by molar-refractivity contribution is -0.143. The van der Waals surface area contributed by atoms with Gasteiger partial charge in [0.1, 0.15) is 18.3 Å². The Balaban J connectivity index is 1.82. The SMILES string of the molecule is CO[C@@H]1[C@@H](OC)[C@@H](COCc2ccccc2)O[C@@H]1O. The highest BCUT2D eigenvalue weighted by atomic mass is 16.7. The molecule has 4 atom stereocenters. The zero-order valence-electron chi connectivity index (χ0n) is 11.2. The van der Waals surface area contributed by atoms with E-state index in [9.17, 15) is 5.11 Å². The molecule has 1 aromatic carbocycles. The van der Waals surface area contributed by atoms with E-state index >= 15 is 0 Å². The van der Waals surface area contributed by atoms with Gasteiger partial charge < -0.3 is 24.1 Å². The van der Waals surface area contributed by atoms with Gasteiger partial charge in [-0.25, -0.2) is 0 Å². The van der Waals surface area contributed by atoms with Crippen LogP contribution in [-0.2, 0) is 25.6 Å². The summed E-state index contributed by atoms with van der Waals surface area (Å²) >= 11 is 0. The Kier molecular flexibility index (Phi) is 5.30. The average molecular weight is 268 g/mol. The summed E-state index contributed by atoms with van der Waals surface area (Å²) in [6.45, 7) is 0.856. The van der Waals surface area contributed by atoms with Crippen molar-refractivity contribution in [2.24, 2.45) is 0 Å². The van der Waals surface area contributed by atoms with Gasteiger partial charge >= 0.3 is 0 Å². The van der Waals surface area contributed by atoms with E-state index in [0.29, 0.717) is 13.2 Å². The van der Waals surface area contributed by atoms with Crippen LogP contribution in [0, 0.1) is 0 Å². The number of methoxy groups -OCH3 is 2. The van der Waals surface area contributed by atoms with Crippen LogP contribution in [0.3, 0.4) is 0 Å². The number of hydrogen-bond acceptors (Lipinski definition) is 5. The average Bonchev–Trinajstić information content (AvgIpc) is 2.75. The summed E-state index contributed by atoms with van der Waals surface area (Å²) in [5, 5.41) is 9.69. The Bertz CT molecular complexity index is 369. The third-order valence-electron chi connectivity index (χ3n) is 3.22. The lowest BCUT2D eigenvalue weighted by Crippen LogP contribution is -2.37. The lowest BCUT2D eigenvalue weighted by Gasteiger charge is -2.20. The van der Waals surface area contributed by atoms with Gasteiger partial charge in [-0.05, 0) is 5.56 Å². The van der Waals surface area contributed by atoms with Gasteiger partial charge in [-0.3, -0.25) is 0 Å². The van der Waals surface area contributed by atoms with Crippen molar-refractivity contribution in [1.29, 1.82) is 0 Å². The highest BCUT2D eigenvalue weighted by Crippen LogP contribution is 2.24. The monoisotopic (exact) mass is 268 g/mol. The van der Waals surface area contributed by atoms with Crippen LogP contribution in [-0.4, -0.2) is 50.5 Å². The van der Waals surface area contributed by atoms with Crippen LogP contribution in [0.1, 0.15) is 5.56 Å². The normalized spacial score (nSPS) is 30.7. The van der Waals surface area contributed by atoms with E-state index in [2.05, 4.69) is 0 Å². The standard InChI is InChI=1S/C14H20O5/c1-16-12-11(19-14(15)13(12)17-2)9-18-8-10-6-4-3-5-7-10/h3-7,11-15H,8-9H2,1-2H3/t11-,12+,13-,14+/m1/s1. The molecule has 2 rings (SSSR count). The fraction of sp³-hybridized carbons (Fsp3) is 0.571. The first kappa shape index (κ1) is 14.4. The highest BCUT2D eigenvalue weighted by molar-refractivity contribution is 5.13. The molecule has 19 heavy (non-hydrogen) atoms. The Morgan fingerprint density at radius 3 is 2.42 bits per heavy atom. The van der Waals surface area contributed by atoms with E-state index in [1.54, 1.807) is 7.11 Å². The molecule has 0 saturated carbocycles. The number of aliphatic hydroxyl groups excluding tert-OH is 1. The van der Waals surface area contributed by atoms with Crippen molar-refractivity contribution in [3.8, 4) is 0 Å². The molecule has 0 aliphatic carbocycles.